The number of amides is 1. The maximum Gasteiger partial charge on any atom is 0.291 e. The van der Waals surface area contributed by atoms with Gasteiger partial charge in [-0.2, -0.15) is 10.2 Å². The molecule has 8 heteroatoms. The number of non-ortho nitro benzene ring substituents is 1. The summed E-state index contributed by atoms with van der Waals surface area (Å²) in [5.41, 5.74) is 6.95. The number of hydrazone groups is 1. The Kier molecular flexibility index (Phi) is 6.07. The summed E-state index contributed by atoms with van der Waals surface area (Å²) in [5.74, 6) is -0.471. The van der Waals surface area contributed by atoms with Crippen LogP contribution in [0.2, 0.25) is 0 Å². The molecule has 0 fully saturated rings. The van der Waals surface area contributed by atoms with Gasteiger partial charge in [-0.1, -0.05) is 54.1 Å². The van der Waals surface area contributed by atoms with E-state index in [0.717, 1.165) is 33.3 Å². The number of carbonyl (C=O) groups excluding carboxylic acids is 1. The molecule has 8 nitrogen and oxygen atoms in total. The third-order valence-electron chi connectivity index (χ3n) is 5.75. The predicted octanol–water partition coefficient (Wildman–Crippen LogP) is 5.67. The van der Waals surface area contributed by atoms with Crippen molar-refractivity contribution in [3.05, 3.63) is 124 Å². The van der Waals surface area contributed by atoms with E-state index in [2.05, 4.69) is 27.8 Å². The molecule has 1 N–H and O–H groups in total. The quantitative estimate of drug-likeness (QED) is 0.194. The largest absolute Gasteiger partial charge is 0.291 e. The van der Waals surface area contributed by atoms with E-state index >= 15 is 0 Å². The molecule has 0 spiro atoms. The number of aromatic nitrogens is 2. The van der Waals surface area contributed by atoms with E-state index in [4.69, 9.17) is 0 Å². The standard InChI is InChI=1S/C28H21N5O3/c1-19-6-12-24(13-7-19)32-27(23-11-10-21-4-2-3-5-22(21)16-23)17-26(31-32)28(34)30-29-18-20-8-14-25(15-9-20)33(35)36/h2-18H,1H3,(H,30,34)/b29-18-. The molecule has 1 heterocycles. The summed E-state index contributed by atoms with van der Waals surface area (Å²) >= 11 is 0. The Morgan fingerprint density at radius 3 is 2.39 bits per heavy atom. The lowest BCUT2D eigenvalue weighted by Crippen LogP contribution is -2.18. The fourth-order valence-corrected chi connectivity index (χ4v) is 3.83. The third kappa shape index (κ3) is 4.74. The van der Waals surface area contributed by atoms with Gasteiger partial charge in [-0.15, -0.1) is 0 Å². The second kappa shape index (κ2) is 9.63. The molecular weight excluding hydrogens is 454 g/mol. The van der Waals surface area contributed by atoms with Crippen LogP contribution in [0.4, 0.5) is 5.69 Å². The highest BCUT2D eigenvalue weighted by atomic mass is 16.6. The Morgan fingerprint density at radius 2 is 1.67 bits per heavy atom. The average molecular weight is 476 g/mol. The predicted molar refractivity (Wildman–Crippen MR) is 139 cm³/mol. The third-order valence-corrected chi connectivity index (χ3v) is 5.75. The zero-order valence-electron chi connectivity index (χ0n) is 19.3. The molecule has 0 saturated carbocycles. The molecule has 1 aromatic heterocycles. The number of nitro groups is 1. The smallest absolute Gasteiger partial charge is 0.265 e. The number of hydrogen-bond acceptors (Lipinski definition) is 5. The number of nitro benzene ring substituents is 1. The van der Waals surface area contributed by atoms with E-state index in [1.54, 1.807) is 22.9 Å². The highest BCUT2D eigenvalue weighted by Crippen LogP contribution is 2.27. The SMILES string of the molecule is Cc1ccc(-n2nc(C(=O)N/N=C\c3ccc([N+](=O)[O-])cc3)cc2-c2ccc3ccccc3c2)cc1. The van der Waals surface area contributed by atoms with Crippen molar-refractivity contribution in [2.75, 3.05) is 0 Å². The highest BCUT2D eigenvalue weighted by molar-refractivity contribution is 5.95. The lowest BCUT2D eigenvalue weighted by Gasteiger charge is -2.09. The summed E-state index contributed by atoms with van der Waals surface area (Å²) < 4.78 is 1.75. The van der Waals surface area contributed by atoms with Crippen LogP contribution in [-0.4, -0.2) is 26.8 Å². The molecular formula is C28H21N5O3. The first-order valence-electron chi connectivity index (χ1n) is 11.2. The van der Waals surface area contributed by atoms with Crippen molar-refractivity contribution in [1.82, 2.24) is 15.2 Å². The van der Waals surface area contributed by atoms with E-state index in [9.17, 15) is 14.9 Å². The molecule has 4 aromatic carbocycles. The number of rotatable bonds is 6. The number of nitrogens with zero attached hydrogens (tertiary/aromatic N) is 4. The number of nitrogens with one attached hydrogen (secondary N) is 1. The second-order valence-corrected chi connectivity index (χ2v) is 8.27. The van der Waals surface area contributed by atoms with Crippen LogP contribution in [0.25, 0.3) is 27.7 Å². The van der Waals surface area contributed by atoms with Gasteiger partial charge in [0.2, 0.25) is 0 Å². The minimum Gasteiger partial charge on any atom is -0.265 e. The number of fused-ring (bicyclic) bond motifs is 1. The van der Waals surface area contributed by atoms with Gasteiger partial charge in [0.25, 0.3) is 11.6 Å². The number of carbonyl (C=O) groups is 1. The van der Waals surface area contributed by atoms with E-state index in [1.807, 2.05) is 61.5 Å². The highest BCUT2D eigenvalue weighted by Gasteiger charge is 2.17. The molecule has 36 heavy (non-hydrogen) atoms. The van der Waals surface area contributed by atoms with E-state index in [0.29, 0.717) is 5.56 Å². The molecule has 0 aliphatic rings. The van der Waals surface area contributed by atoms with Gasteiger partial charge < -0.3 is 0 Å². The fourth-order valence-electron chi connectivity index (χ4n) is 3.83. The summed E-state index contributed by atoms with van der Waals surface area (Å²) in [4.78, 5) is 23.2. The topological polar surface area (TPSA) is 102 Å². The molecule has 0 aliphatic heterocycles. The lowest BCUT2D eigenvalue weighted by atomic mass is 10.0. The Bertz CT molecular complexity index is 1600. The van der Waals surface area contributed by atoms with Gasteiger partial charge >= 0.3 is 0 Å². The number of benzene rings is 4. The maximum atomic E-state index is 12.9. The van der Waals surface area contributed by atoms with Crippen molar-refractivity contribution in [3.63, 3.8) is 0 Å². The monoisotopic (exact) mass is 475 g/mol. The number of hydrogen-bond donors (Lipinski definition) is 1. The average Bonchev–Trinajstić information content (AvgIpc) is 3.35. The summed E-state index contributed by atoms with van der Waals surface area (Å²) in [6.07, 6.45) is 1.42. The second-order valence-electron chi connectivity index (χ2n) is 8.27. The lowest BCUT2D eigenvalue weighted by molar-refractivity contribution is -0.384. The zero-order valence-corrected chi connectivity index (χ0v) is 19.3. The molecule has 5 aromatic rings. The van der Waals surface area contributed by atoms with Crippen LogP contribution >= 0.6 is 0 Å². The molecule has 0 unspecified atom stereocenters. The Morgan fingerprint density at radius 1 is 0.944 bits per heavy atom. The van der Waals surface area contributed by atoms with E-state index in [-0.39, 0.29) is 11.4 Å². The van der Waals surface area contributed by atoms with Crippen LogP contribution in [0.5, 0.6) is 0 Å². The zero-order chi connectivity index (χ0) is 25.1. The van der Waals surface area contributed by atoms with Crippen LogP contribution in [0.1, 0.15) is 21.6 Å². The summed E-state index contributed by atoms with van der Waals surface area (Å²) in [6, 6.07) is 29.7. The van der Waals surface area contributed by atoms with Crippen molar-refractivity contribution in [2.45, 2.75) is 6.92 Å². The van der Waals surface area contributed by atoms with Crippen LogP contribution in [-0.2, 0) is 0 Å². The first kappa shape index (κ1) is 22.7. The molecule has 0 radical (unpaired) electrons. The fraction of sp³-hybridized carbons (Fsp3) is 0.0357. The van der Waals surface area contributed by atoms with Gasteiger partial charge in [0.15, 0.2) is 5.69 Å². The molecule has 0 aliphatic carbocycles. The summed E-state index contributed by atoms with van der Waals surface area (Å²) in [7, 11) is 0. The van der Waals surface area contributed by atoms with Gasteiger partial charge in [-0.3, -0.25) is 14.9 Å². The molecule has 5 rings (SSSR count). The van der Waals surface area contributed by atoms with Crippen molar-refractivity contribution in [1.29, 1.82) is 0 Å². The minimum absolute atomic E-state index is 0.0148. The Labute approximate surface area is 206 Å². The van der Waals surface area contributed by atoms with Crippen molar-refractivity contribution >= 4 is 28.6 Å². The summed E-state index contributed by atoms with van der Waals surface area (Å²) in [6.45, 7) is 2.01. The first-order chi connectivity index (χ1) is 17.5. The van der Waals surface area contributed by atoms with E-state index in [1.165, 1.54) is 18.3 Å². The van der Waals surface area contributed by atoms with Crippen LogP contribution in [0.3, 0.4) is 0 Å². The van der Waals surface area contributed by atoms with Crippen molar-refractivity contribution in [2.24, 2.45) is 5.10 Å². The van der Waals surface area contributed by atoms with Gasteiger partial charge in [0, 0.05) is 17.7 Å². The van der Waals surface area contributed by atoms with Gasteiger partial charge in [-0.25, -0.2) is 10.1 Å². The molecule has 0 atom stereocenters. The maximum absolute atomic E-state index is 12.9. The molecule has 0 bridgehead atoms. The first-order valence-corrected chi connectivity index (χ1v) is 11.2. The molecule has 0 saturated heterocycles. The van der Waals surface area contributed by atoms with Gasteiger partial charge in [0.05, 0.1) is 22.5 Å². The van der Waals surface area contributed by atoms with Crippen molar-refractivity contribution in [3.8, 4) is 16.9 Å². The molecule has 1 amide bonds. The van der Waals surface area contributed by atoms with Crippen LogP contribution in [0.15, 0.2) is 102 Å². The molecule has 176 valence electrons. The normalized spacial score (nSPS) is 11.1. The Hall–Kier alpha value is -5.11. The van der Waals surface area contributed by atoms with E-state index < -0.39 is 10.8 Å². The van der Waals surface area contributed by atoms with Crippen molar-refractivity contribution < 1.29 is 9.72 Å². The van der Waals surface area contributed by atoms with Crippen LogP contribution < -0.4 is 5.43 Å². The van der Waals surface area contributed by atoms with Crippen LogP contribution in [0, 0.1) is 17.0 Å². The van der Waals surface area contributed by atoms with Gasteiger partial charge in [-0.05, 0) is 59.7 Å². The Balaban J connectivity index is 1.45. The minimum atomic E-state index is -0.472. The number of aryl methyl sites for hydroxylation is 1. The summed E-state index contributed by atoms with van der Waals surface area (Å²) in [5, 5.41) is 21.6. The van der Waals surface area contributed by atoms with Gasteiger partial charge in [0.1, 0.15) is 0 Å².